The van der Waals surface area contributed by atoms with E-state index in [9.17, 15) is 0 Å². The predicted octanol–water partition coefficient (Wildman–Crippen LogP) is 2.38. The normalized spacial score (nSPS) is 16.4. The summed E-state index contributed by atoms with van der Waals surface area (Å²) in [5.74, 6) is 0.871. The molecule has 0 radical (unpaired) electrons. The number of hydrogen-bond donors (Lipinski definition) is 0. The van der Waals surface area contributed by atoms with Gasteiger partial charge in [-0.25, -0.2) is 9.97 Å². The highest BCUT2D eigenvalue weighted by atomic mass is 15.1. The zero-order chi connectivity index (χ0) is 9.71. The second-order valence-electron chi connectivity index (χ2n) is 4.05. The molecule has 1 fully saturated rings. The van der Waals surface area contributed by atoms with Crippen molar-refractivity contribution in [3.63, 3.8) is 0 Å². The van der Waals surface area contributed by atoms with Gasteiger partial charge >= 0.3 is 0 Å². The fourth-order valence-corrected chi connectivity index (χ4v) is 1.97. The van der Waals surface area contributed by atoms with Crippen LogP contribution in [-0.4, -0.2) is 14.5 Å². The van der Waals surface area contributed by atoms with Crippen LogP contribution in [0.2, 0.25) is 0 Å². The van der Waals surface area contributed by atoms with E-state index in [1.165, 1.54) is 18.2 Å². The van der Waals surface area contributed by atoms with Gasteiger partial charge in [-0.1, -0.05) is 0 Å². The first kappa shape index (κ1) is 7.97. The summed E-state index contributed by atoms with van der Waals surface area (Å²) in [4.78, 5) is 8.88. The molecule has 3 heteroatoms. The summed E-state index contributed by atoms with van der Waals surface area (Å²) in [7, 11) is 0. The van der Waals surface area contributed by atoms with E-state index in [4.69, 9.17) is 0 Å². The Balaban J connectivity index is 2.33. The third-order valence-electron chi connectivity index (χ3n) is 2.81. The lowest BCUT2D eigenvalue weighted by atomic mass is 10.3. The molecule has 0 bridgehead atoms. The van der Waals surface area contributed by atoms with Crippen molar-refractivity contribution in [2.24, 2.45) is 0 Å². The number of nitrogens with zero attached hydrogens (tertiary/aromatic N) is 3. The van der Waals surface area contributed by atoms with Gasteiger partial charge in [0.2, 0.25) is 0 Å². The van der Waals surface area contributed by atoms with Crippen LogP contribution in [0, 0.1) is 13.8 Å². The van der Waals surface area contributed by atoms with E-state index in [1.54, 1.807) is 0 Å². The van der Waals surface area contributed by atoms with Crippen molar-refractivity contribution in [1.82, 2.24) is 14.5 Å². The van der Waals surface area contributed by atoms with Crippen molar-refractivity contribution in [2.75, 3.05) is 0 Å². The van der Waals surface area contributed by atoms with Crippen molar-refractivity contribution < 1.29 is 0 Å². The third-order valence-corrected chi connectivity index (χ3v) is 2.81. The van der Waals surface area contributed by atoms with E-state index in [0.717, 1.165) is 17.2 Å². The van der Waals surface area contributed by atoms with Gasteiger partial charge in [-0.15, -0.1) is 0 Å². The fourth-order valence-electron chi connectivity index (χ4n) is 1.97. The number of fused-ring (bicyclic) bond motifs is 1. The van der Waals surface area contributed by atoms with Crippen molar-refractivity contribution in [3.8, 4) is 0 Å². The van der Waals surface area contributed by atoms with E-state index >= 15 is 0 Å². The molecule has 0 N–H and O–H groups in total. The van der Waals surface area contributed by atoms with Crippen LogP contribution in [0.5, 0.6) is 0 Å². The highest BCUT2D eigenvalue weighted by molar-refractivity contribution is 5.78. The molecule has 0 atom stereocenters. The van der Waals surface area contributed by atoms with Crippen molar-refractivity contribution >= 4 is 11.0 Å². The third kappa shape index (κ3) is 1.05. The van der Waals surface area contributed by atoms with E-state index in [-0.39, 0.29) is 0 Å². The largest absolute Gasteiger partial charge is 0.329 e. The van der Waals surface area contributed by atoms with E-state index in [2.05, 4.69) is 26.8 Å². The Morgan fingerprint density at radius 1 is 1.29 bits per heavy atom. The number of aryl methyl sites for hydroxylation is 2. The molecule has 1 aliphatic carbocycles. The summed E-state index contributed by atoms with van der Waals surface area (Å²) in [6.07, 6.45) is 4.74. The van der Waals surface area contributed by atoms with Crippen LogP contribution in [0.4, 0.5) is 0 Å². The van der Waals surface area contributed by atoms with E-state index in [0.29, 0.717) is 6.04 Å². The number of rotatable bonds is 1. The minimum atomic E-state index is 0.696. The molecule has 0 aromatic carbocycles. The Bertz CT molecular complexity index is 494. The van der Waals surface area contributed by atoms with Crippen LogP contribution in [0.1, 0.15) is 30.4 Å². The Morgan fingerprint density at radius 2 is 2.07 bits per heavy atom. The van der Waals surface area contributed by atoms with Crippen LogP contribution in [0.25, 0.3) is 11.0 Å². The first-order valence-corrected chi connectivity index (χ1v) is 5.07. The summed E-state index contributed by atoms with van der Waals surface area (Å²) >= 11 is 0. The van der Waals surface area contributed by atoms with Crippen molar-refractivity contribution in [1.29, 1.82) is 0 Å². The van der Waals surface area contributed by atoms with Crippen LogP contribution in [-0.2, 0) is 0 Å². The fraction of sp³-hybridized carbons (Fsp3) is 0.455. The highest BCUT2D eigenvalue weighted by Crippen LogP contribution is 2.37. The molecule has 0 amide bonds. The summed E-state index contributed by atoms with van der Waals surface area (Å²) in [6.45, 7) is 4.00. The van der Waals surface area contributed by atoms with Gasteiger partial charge in [-0.3, -0.25) is 0 Å². The van der Waals surface area contributed by atoms with Gasteiger partial charge in [0.25, 0.3) is 0 Å². The van der Waals surface area contributed by atoms with Crippen LogP contribution >= 0.6 is 0 Å². The molecule has 3 nitrogen and oxygen atoms in total. The smallest absolute Gasteiger partial charge is 0.144 e. The lowest BCUT2D eigenvalue weighted by molar-refractivity contribution is 0.762. The molecule has 0 saturated heterocycles. The maximum atomic E-state index is 4.51. The molecule has 72 valence electrons. The average Bonchev–Trinajstić information content (AvgIpc) is 2.87. The SMILES string of the molecule is Cc1nc(C)c2ccn(C3CC3)c2n1. The zero-order valence-electron chi connectivity index (χ0n) is 8.49. The molecule has 2 heterocycles. The van der Waals surface area contributed by atoms with E-state index < -0.39 is 0 Å². The van der Waals surface area contributed by atoms with Crippen LogP contribution < -0.4 is 0 Å². The van der Waals surface area contributed by atoms with Gasteiger partial charge in [0, 0.05) is 17.6 Å². The minimum Gasteiger partial charge on any atom is -0.329 e. The van der Waals surface area contributed by atoms with Crippen LogP contribution in [0.15, 0.2) is 12.3 Å². The first-order valence-electron chi connectivity index (χ1n) is 5.07. The van der Waals surface area contributed by atoms with E-state index in [1.807, 2.05) is 13.8 Å². The Labute approximate surface area is 82.8 Å². The number of hydrogen-bond acceptors (Lipinski definition) is 2. The van der Waals surface area contributed by atoms with Gasteiger partial charge in [0.05, 0.1) is 5.69 Å². The summed E-state index contributed by atoms with van der Waals surface area (Å²) in [5.41, 5.74) is 2.20. The second kappa shape index (κ2) is 2.56. The second-order valence-corrected chi connectivity index (χ2v) is 4.05. The van der Waals surface area contributed by atoms with Crippen molar-refractivity contribution in [2.45, 2.75) is 32.7 Å². The Morgan fingerprint density at radius 3 is 2.79 bits per heavy atom. The molecule has 1 aliphatic rings. The molecule has 2 aromatic rings. The van der Waals surface area contributed by atoms with Crippen molar-refractivity contribution in [3.05, 3.63) is 23.8 Å². The quantitative estimate of drug-likeness (QED) is 0.686. The highest BCUT2D eigenvalue weighted by Gasteiger charge is 2.25. The molecule has 0 spiro atoms. The Kier molecular flexibility index (Phi) is 1.46. The summed E-state index contributed by atoms with van der Waals surface area (Å²) in [5, 5.41) is 1.20. The molecular weight excluding hydrogens is 174 g/mol. The minimum absolute atomic E-state index is 0.696. The van der Waals surface area contributed by atoms with Gasteiger partial charge in [-0.05, 0) is 32.8 Å². The molecule has 0 aliphatic heterocycles. The van der Waals surface area contributed by atoms with Crippen LogP contribution in [0.3, 0.4) is 0 Å². The maximum Gasteiger partial charge on any atom is 0.144 e. The summed E-state index contributed by atoms with van der Waals surface area (Å²) < 4.78 is 2.29. The molecular formula is C11H13N3. The molecule has 14 heavy (non-hydrogen) atoms. The molecule has 3 rings (SSSR count). The standard InChI is InChI=1S/C11H13N3/c1-7-10-5-6-14(9-3-4-9)11(10)13-8(2)12-7/h5-6,9H,3-4H2,1-2H3. The molecule has 2 aromatic heterocycles. The van der Waals surface area contributed by atoms with Gasteiger partial charge < -0.3 is 4.57 Å². The lowest BCUT2D eigenvalue weighted by Crippen LogP contribution is -1.97. The predicted molar refractivity (Wildman–Crippen MR) is 55.3 cm³/mol. The monoisotopic (exact) mass is 187 g/mol. The number of aromatic nitrogens is 3. The first-order chi connectivity index (χ1) is 6.75. The average molecular weight is 187 g/mol. The summed E-state index contributed by atoms with van der Waals surface area (Å²) in [6, 6.07) is 2.82. The topological polar surface area (TPSA) is 30.7 Å². The van der Waals surface area contributed by atoms with Gasteiger partial charge in [0.1, 0.15) is 11.5 Å². The van der Waals surface area contributed by atoms with Gasteiger partial charge in [0.15, 0.2) is 0 Å². The zero-order valence-corrected chi connectivity index (χ0v) is 8.49. The van der Waals surface area contributed by atoms with Gasteiger partial charge in [-0.2, -0.15) is 0 Å². The maximum absolute atomic E-state index is 4.51. The molecule has 1 saturated carbocycles. The Hall–Kier alpha value is -1.38. The lowest BCUT2D eigenvalue weighted by Gasteiger charge is -2.03. The molecule has 0 unspecified atom stereocenters.